The average Bonchev–Trinajstić information content (AvgIpc) is 3.01. The normalized spacial score (nSPS) is 11.3. The highest BCUT2D eigenvalue weighted by molar-refractivity contribution is 8.04. The quantitative estimate of drug-likeness (QED) is 0.601. The zero-order valence-corrected chi connectivity index (χ0v) is 13.8. The minimum absolute atomic E-state index is 0.0294. The molecule has 0 fully saturated rings. The Morgan fingerprint density at radius 2 is 2.17 bits per heavy atom. The number of nitrogens with one attached hydrogen (secondary N) is 1. The molecule has 0 spiro atoms. The van der Waals surface area contributed by atoms with E-state index >= 15 is 0 Å². The zero-order chi connectivity index (χ0) is 16.8. The van der Waals surface area contributed by atoms with Gasteiger partial charge in [0.1, 0.15) is 17.3 Å². The number of hydrogen-bond donors (Lipinski definition) is 1. The molecule has 2 rings (SSSR count). The number of thioether (sulfide) groups is 1. The van der Waals surface area contributed by atoms with Crippen LogP contribution < -0.4 is 14.6 Å². The summed E-state index contributed by atoms with van der Waals surface area (Å²) in [5.41, 5.74) is 0.560. The standard InChI is InChI=1S/C15H17N3O4S/c1-4-13-16-15(18-17-13)23-12(14(19)20)8-9-7-10(21-2)5-6-11(9)22-3/h5-8H,4H2,1-3H3,(H,19,20)(H,16,17,18)/p-1/b12-8-. The van der Waals surface area contributed by atoms with Gasteiger partial charge in [0.25, 0.3) is 0 Å². The third-order valence-electron chi connectivity index (χ3n) is 2.97. The number of benzene rings is 1. The van der Waals surface area contributed by atoms with Gasteiger partial charge >= 0.3 is 0 Å². The first-order valence-corrected chi connectivity index (χ1v) is 7.63. The molecule has 0 amide bonds. The van der Waals surface area contributed by atoms with Crippen LogP contribution >= 0.6 is 11.8 Å². The molecule has 1 heterocycles. The SMILES string of the molecule is CCc1nc(S/C(=C\c2cc(OC)ccc2OC)C(=O)[O-])n[nH]1. The molecular weight excluding hydrogens is 318 g/mol. The number of aromatic amines is 1. The number of carbonyl (C=O) groups is 1. The molecule has 0 bridgehead atoms. The largest absolute Gasteiger partial charge is 0.544 e. The van der Waals surface area contributed by atoms with E-state index in [1.165, 1.54) is 20.3 Å². The Labute approximate surface area is 137 Å². The fourth-order valence-electron chi connectivity index (χ4n) is 1.80. The lowest BCUT2D eigenvalue weighted by atomic mass is 10.1. The van der Waals surface area contributed by atoms with Gasteiger partial charge in [0.15, 0.2) is 0 Å². The van der Waals surface area contributed by atoms with Crippen LogP contribution in [-0.4, -0.2) is 35.4 Å². The van der Waals surface area contributed by atoms with Gasteiger partial charge < -0.3 is 19.4 Å². The van der Waals surface area contributed by atoms with Gasteiger partial charge in [-0.2, -0.15) is 0 Å². The number of carbonyl (C=O) groups excluding carboxylic acids is 1. The number of ether oxygens (including phenoxy) is 2. The molecule has 23 heavy (non-hydrogen) atoms. The van der Waals surface area contributed by atoms with E-state index in [0.29, 0.717) is 34.5 Å². The highest BCUT2D eigenvalue weighted by Gasteiger charge is 2.10. The number of aryl methyl sites for hydroxylation is 1. The summed E-state index contributed by atoms with van der Waals surface area (Å²) in [4.78, 5) is 15.5. The molecular formula is C15H16N3O4S-. The maximum Gasteiger partial charge on any atom is 0.213 e. The van der Waals surface area contributed by atoms with Crippen molar-refractivity contribution in [3.63, 3.8) is 0 Å². The van der Waals surface area contributed by atoms with Crippen LogP contribution in [0.15, 0.2) is 28.3 Å². The molecule has 0 saturated heterocycles. The van der Waals surface area contributed by atoms with Crippen LogP contribution in [0.3, 0.4) is 0 Å². The minimum atomic E-state index is -1.32. The Morgan fingerprint density at radius 3 is 2.74 bits per heavy atom. The molecule has 1 aromatic carbocycles. The van der Waals surface area contributed by atoms with Crippen LogP contribution in [0.1, 0.15) is 18.3 Å². The van der Waals surface area contributed by atoms with Gasteiger partial charge in [-0.05, 0) is 36.0 Å². The van der Waals surface area contributed by atoms with E-state index in [0.717, 1.165) is 11.8 Å². The van der Waals surface area contributed by atoms with Crippen LogP contribution in [0.5, 0.6) is 11.5 Å². The molecule has 122 valence electrons. The number of methoxy groups -OCH3 is 2. The van der Waals surface area contributed by atoms with Crippen LogP contribution in [-0.2, 0) is 11.2 Å². The highest BCUT2D eigenvalue weighted by atomic mass is 32.2. The summed E-state index contributed by atoms with van der Waals surface area (Å²) in [6.07, 6.45) is 2.13. The van der Waals surface area contributed by atoms with E-state index < -0.39 is 5.97 Å². The topological polar surface area (TPSA) is 100 Å². The monoisotopic (exact) mass is 334 g/mol. The summed E-state index contributed by atoms with van der Waals surface area (Å²) >= 11 is 0.910. The van der Waals surface area contributed by atoms with E-state index in [1.54, 1.807) is 18.2 Å². The number of hydrogen-bond acceptors (Lipinski definition) is 7. The Morgan fingerprint density at radius 1 is 1.39 bits per heavy atom. The first-order chi connectivity index (χ1) is 11.1. The van der Waals surface area contributed by atoms with Crippen LogP contribution in [0, 0.1) is 0 Å². The van der Waals surface area contributed by atoms with E-state index in [4.69, 9.17) is 9.47 Å². The van der Waals surface area contributed by atoms with E-state index in [2.05, 4.69) is 15.2 Å². The van der Waals surface area contributed by atoms with Crippen molar-refractivity contribution in [3.8, 4) is 11.5 Å². The predicted molar refractivity (Wildman–Crippen MR) is 84.1 cm³/mol. The summed E-state index contributed by atoms with van der Waals surface area (Å²) in [5, 5.41) is 18.4. The molecule has 0 unspecified atom stereocenters. The minimum Gasteiger partial charge on any atom is -0.544 e. The van der Waals surface area contributed by atoms with Crippen molar-refractivity contribution in [2.24, 2.45) is 0 Å². The lowest BCUT2D eigenvalue weighted by molar-refractivity contribution is -0.297. The molecule has 0 radical (unpaired) electrons. The first kappa shape index (κ1) is 16.9. The van der Waals surface area contributed by atoms with Crippen LogP contribution in [0.2, 0.25) is 0 Å². The van der Waals surface area contributed by atoms with Gasteiger partial charge in [0.2, 0.25) is 5.16 Å². The average molecular weight is 334 g/mol. The summed E-state index contributed by atoms with van der Waals surface area (Å²) in [6.45, 7) is 1.92. The molecule has 0 aliphatic heterocycles. The molecule has 0 aliphatic rings. The number of aliphatic carboxylic acids is 1. The Hall–Kier alpha value is -2.48. The van der Waals surface area contributed by atoms with Crippen molar-refractivity contribution in [1.82, 2.24) is 15.2 Å². The fourth-order valence-corrected chi connectivity index (χ4v) is 2.52. The van der Waals surface area contributed by atoms with Crippen molar-refractivity contribution in [2.45, 2.75) is 18.5 Å². The molecule has 0 atom stereocenters. The first-order valence-electron chi connectivity index (χ1n) is 6.81. The third kappa shape index (κ3) is 4.26. The van der Waals surface area contributed by atoms with Gasteiger partial charge in [0, 0.05) is 16.9 Å². The zero-order valence-electron chi connectivity index (χ0n) is 13.0. The Balaban J connectivity index is 2.36. The molecule has 8 heteroatoms. The van der Waals surface area contributed by atoms with Crippen molar-refractivity contribution in [3.05, 3.63) is 34.5 Å². The summed E-state index contributed by atoms with van der Waals surface area (Å²) in [5.74, 6) is 0.479. The Kier molecular flexibility index (Phi) is 5.64. The number of carboxylic acid groups (broad SMARTS) is 1. The second kappa shape index (κ2) is 7.68. The number of rotatable bonds is 7. The van der Waals surface area contributed by atoms with Gasteiger partial charge in [-0.3, -0.25) is 5.10 Å². The van der Waals surface area contributed by atoms with Gasteiger partial charge in [-0.25, -0.2) is 4.98 Å². The van der Waals surface area contributed by atoms with Crippen molar-refractivity contribution < 1.29 is 19.4 Å². The fraction of sp³-hybridized carbons (Fsp3) is 0.267. The van der Waals surface area contributed by atoms with E-state index in [9.17, 15) is 9.90 Å². The lowest BCUT2D eigenvalue weighted by Gasteiger charge is -2.10. The molecule has 2 aromatic rings. The highest BCUT2D eigenvalue weighted by Crippen LogP contribution is 2.30. The van der Waals surface area contributed by atoms with Crippen molar-refractivity contribution in [1.29, 1.82) is 0 Å². The van der Waals surface area contributed by atoms with Gasteiger partial charge in [-0.1, -0.05) is 6.92 Å². The summed E-state index contributed by atoms with van der Waals surface area (Å²) in [6, 6.07) is 5.10. The van der Waals surface area contributed by atoms with Crippen LogP contribution in [0.4, 0.5) is 0 Å². The number of H-pyrrole nitrogens is 1. The lowest BCUT2D eigenvalue weighted by Crippen LogP contribution is -2.23. The molecule has 0 aliphatic carbocycles. The number of carboxylic acids is 1. The van der Waals surface area contributed by atoms with Crippen molar-refractivity contribution >= 4 is 23.8 Å². The van der Waals surface area contributed by atoms with E-state index in [-0.39, 0.29) is 4.91 Å². The van der Waals surface area contributed by atoms with Gasteiger partial charge in [0.05, 0.1) is 20.2 Å². The Bertz CT molecular complexity index is 727. The molecule has 7 nitrogen and oxygen atoms in total. The second-order valence-corrected chi connectivity index (χ2v) is 5.43. The van der Waals surface area contributed by atoms with Crippen molar-refractivity contribution in [2.75, 3.05) is 14.2 Å². The number of aromatic nitrogens is 3. The van der Waals surface area contributed by atoms with Gasteiger partial charge in [-0.15, -0.1) is 5.10 Å². The molecule has 0 saturated carbocycles. The summed E-state index contributed by atoms with van der Waals surface area (Å²) < 4.78 is 10.4. The third-order valence-corrected chi connectivity index (χ3v) is 3.84. The smallest absolute Gasteiger partial charge is 0.213 e. The summed E-state index contributed by atoms with van der Waals surface area (Å²) in [7, 11) is 3.04. The maximum atomic E-state index is 11.4. The molecule has 1 N–H and O–H groups in total. The number of nitrogens with zero attached hydrogens (tertiary/aromatic N) is 2. The maximum absolute atomic E-state index is 11.4. The molecule has 1 aromatic heterocycles. The predicted octanol–water partition coefficient (Wildman–Crippen LogP) is 1.27. The van der Waals surface area contributed by atoms with Crippen LogP contribution in [0.25, 0.3) is 6.08 Å². The second-order valence-electron chi connectivity index (χ2n) is 4.42. The van der Waals surface area contributed by atoms with E-state index in [1.807, 2.05) is 6.92 Å².